The summed E-state index contributed by atoms with van der Waals surface area (Å²) < 4.78 is 26.6. The van der Waals surface area contributed by atoms with Crippen molar-refractivity contribution in [3.8, 4) is 11.6 Å². The highest BCUT2D eigenvalue weighted by molar-refractivity contribution is 6.05. The van der Waals surface area contributed by atoms with E-state index in [1.54, 1.807) is 32.3 Å². The summed E-state index contributed by atoms with van der Waals surface area (Å²) in [4.78, 5) is 44.9. The van der Waals surface area contributed by atoms with Gasteiger partial charge in [0.1, 0.15) is 11.6 Å². The zero-order chi connectivity index (χ0) is 24.7. The summed E-state index contributed by atoms with van der Waals surface area (Å²) in [6.07, 6.45) is 3.77. The fraction of sp³-hybridized carbons (Fsp3) is 0.462. The normalized spacial score (nSPS) is 21.3. The Labute approximate surface area is 203 Å². The van der Waals surface area contributed by atoms with Gasteiger partial charge in [0.25, 0.3) is 5.91 Å². The first-order valence-corrected chi connectivity index (χ1v) is 11.9. The minimum absolute atomic E-state index is 0.0685. The number of pyridine rings is 1. The van der Waals surface area contributed by atoms with Gasteiger partial charge in [0.2, 0.25) is 11.8 Å². The first-order valence-electron chi connectivity index (χ1n) is 11.9. The molecule has 2 fully saturated rings. The SMILES string of the molecule is CN(C)C(=O)CC1CC(=O)c2cc(N3CCC(Oc4ccc(OCC5CC5)nc4)C3=O)cc(F)c21. The van der Waals surface area contributed by atoms with Crippen molar-refractivity contribution in [3.63, 3.8) is 0 Å². The van der Waals surface area contributed by atoms with E-state index in [-0.39, 0.29) is 41.6 Å². The molecular formula is C26H28FN3O5. The van der Waals surface area contributed by atoms with Gasteiger partial charge in [0, 0.05) is 68.7 Å². The average molecular weight is 482 g/mol. The smallest absolute Gasteiger partial charge is 0.268 e. The molecule has 9 heteroatoms. The van der Waals surface area contributed by atoms with Crippen molar-refractivity contribution >= 4 is 23.3 Å². The lowest BCUT2D eigenvalue weighted by Gasteiger charge is -2.20. The Kier molecular flexibility index (Phi) is 6.17. The number of ether oxygens (including phenoxy) is 2. The van der Waals surface area contributed by atoms with Gasteiger partial charge in [0.15, 0.2) is 11.9 Å². The predicted molar refractivity (Wildman–Crippen MR) is 125 cm³/mol. The highest BCUT2D eigenvalue weighted by Crippen LogP contribution is 2.40. The van der Waals surface area contributed by atoms with E-state index in [0.29, 0.717) is 42.8 Å². The first kappa shape index (κ1) is 23.3. The molecule has 1 aromatic carbocycles. The van der Waals surface area contributed by atoms with Crippen LogP contribution in [0, 0.1) is 11.7 Å². The highest BCUT2D eigenvalue weighted by Gasteiger charge is 2.38. The molecule has 5 rings (SSSR count). The second kappa shape index (κ2) is 9.28. The lowest BCUT2D eigenvalue weighted by Crippen LogP contribution is -2.32. The number of amides is 2. The second-order valence-electron chi connectivity index (χ2n) is 9.68. The molecule has 1 aliphatic heterocycles. The number of benzene rings is 1. The van der Waals surface area contributed by atoms with Crippen molar-refractivity contribution in [1.29, 1.82) is 0 Å². The summed E-state index contributed by atoms with van der Waals surface area (Å²) in [5.74, 6) is -0.139. The molecular weight excluding hydrogens is 453 g/mol. The largest absolute Gasteiger partial charge is 0.479 e. The molecule has 1 saturated carbocycles. The number of nitrogens with zero attached hydrogens (tertiary/aromatic N) is 3. The maximum absolute atomic E-state index is 15.1. The third kappa shape index (κ3) is 4.85. The summed E-state index contributed by atoms with van der Waals surface area (Å²) in [5.41, 5.74) is 0.843. The molecule has 1 aromatic heterocycles. The molecule has 184 valence electrons. The van der Waals surface area contributed by atoms with Crippen LogP contribution in [-0.2, 0) is 9.59 Å². The van der Waals surface area contributed by atoms with Crippen LogP contribution < -0.4 is 14.4 Å². The Balaban J connectivity index is 1.27. The number of carbonyl (C=O) groups excluding carboxylic acids is 3. The van der Waals surface area contributed by atoms with E-state index < -0.39 is 17.8 Å². The van der Waals surface area contributed by atoms with Gasteiger partial charge < -0.3 is 19.3 Å². The number of anilines is 1. The molecule has 2 unspecified atom stereocenters. The van der Waals surface area contributed by atoms with Gasteiger partial charge in [-0.1, -0.05) is 0 Å². The van der Waals surface area contributed by atoms with Gasteiger partial charge in [-0.25, -0.2) is 9.37 Å². The molecule has 2 heterocycles. The second-order valence-corrected chi connectivity index (χ2v) is 9.68. The molecule has 0 spiro atoms. The molecule has 0 radical (unpaired) electrons. The number of Topliss-reactive ketones (excluding diaryl/α,β-unsaturated/α-hetero) is 1. The third-order valence-electron chi connectivity index (χ3n) is 6.79. The van der Waals surface area contributed by atoms with Crippen molar-refractivity contribution in [2.45, 2.75) is 44.1 Å². The Hall–Kier alpha value is -3.49. The number of aromatic nitrogens is 1. The van der Waals surface area contributed by atoms with Crippen LogP contribution in [0.4, 0.5) is 10.1 Å². The topological polar surface area (TPSA) is 89.0 Å². The third-order valence-corrected chi connectivity index (χ3v) is 6.79. The zero-order valence-electron chi connectivity index (χ0n) is 19.8. The van der Waals surface area contributed by atoms with Gasteiger partial charge in [-0.15, -0.1) is 0 Å². The van der Waals surface area contributed by atoms with Crippen LogP contribution in [0.3, 0.4) is 0 Å². The van der Waals surface area contributed by atoms with E-state index in [9.17, 15) is 14.4 Å². The summed E-state index contributed by atoms with van der Waals surface area (Å²) in [6.45, 7) is 1.00. The molecule has 1 saturated heterocycles. The molecule has 35 heavy (non-hydrogen) atoms. The molecule has 2 amide bonds. The fourth-order valence-electron chi connectivity index (χ4n) is 4.60. The maximum Gasteiger partial charge on any atom is 0.268 e. The van der Waals surface area contributed by atoms with Crippen molar-refractivity contribution in [1.82, 2.24) is 9.88 Å². The van der Waals surface area contributed by atoms with Crippen LogP contribution in [0.25, 0.3) is 0 Å². The van der Waals surface area contributed by atoms with Gasteiger partial charge in [0.05, 0.1) is 12.8 Å². The molecule has 8 nitrogen and oxygen atoms in total. The molecule has 2 aromatic rings. The van der Waals surface area contributed by atoms with Gasteiger partial charge in [-0.2, -0.15) is 0 Å². The minimum atomic E-state index is -0.729. The summed E-state index contributed by atoms with van der Waals surface area (Å²) in [7, 11) is 3.26. The highest BCUT2D eigenvalue weighted by atomic mass is 19.1. The van der Waals surface area contributed by atoms with Crippen LogP contribution in [0.15, 0.2) is 30.5 Å². The number of hydrogen-bond donors (Lipinski definition) is 0. The van der Waals surface area contributed by atoms with Gasteiger partial charge in [-0.05, 0) is 37.0 Å². The van der Waals surface area contributed by atoms with Crippen LogP contribution in [0.5, 0.6) is 11.6 Å². The summed E-state index contributed by atoms with van der Waals surface area (Å²) >= 11 is 0. The van der Waals surface area contributed by atoms with Crippen LogP contribution >= 0.6 is 0 Å². The number of hydrogen-bond acceptors (Lipinski definition) is 6. The van der Waals surface area contributed by atoms with Crippen LogP contribution in [0.2, 0.25) is 0 Å². The van der Waals surface area contributed by atoms with E-state index in [2.05, 4.69) is 4.98 Å². The Morgan fingerprint density at radius 2 is 2.00 bits per heavy atom. The fourth-order valence-corrected chi connectivity index (χ4v) is 4.60. The van der Waals surface area contributed by atoms with E-state index in [1.165, 1.54) is 34.9 Å². The number of carbonyl (C=O) groups is 3. The zero-order valence-corrected chi connectivity index (χ0v) is 19.8. The molecule has 2 atom stereocenters. The molecule has 2 aliphatic carbocycles. The van der Waals surface area contributed by atoms with Crippen molar-refractivity contribution in [3.05, 3.63) is 47.4 Å². The van der Waals surface area contributed by atoms with Crippen LogP contribution in [0.1, 0.15) is 53.9 Å². The lowest BCUT2D eigenvalue weighted by atomic mass is 9.96. The van der Waals surface area contributed by atoms with E-state index in [4.69, 9.17) is 9.47 Å². The Morgan fingerprint density at radius 3 is 2.69 bits per heavy atom. The van der Waals surface area contributed by atoms with Crippen LogP contribution in [-0.4, -0.2) is 60.8 Å². The average Bonchev–Trinajstić information content (AvgIpc) is 3.52. The molecule has 0 N–H and O–H groups in total. The van der Waals surface area contributed by atoms with Crippen molar-refractivity contribution in [2.24, 2.45) is 5.92 Å². The Bertz CT molecular complexity index is 1160. The summed E-state index contributed by atoms with van der Waals surface area (Å²) in [6, 6.07) is 6.27. The van der Waals surface area contributed by atoms with E-state index >= 15 is 4.39 Å². The number of rotatable bonds is 8. The van der Waals surface area contributed by atoms with Gasteiger partial charge in [-0.3, -0.25) is 14.4 Å². The van der Waals surface area contributed by atoms with Crippen molar-refractivity contribution in [2.75, 3.05) is 32.1 Å². The Morgan fingerprint density at radius 1 is 1.20 bits per heavy atom. The predicted octanol–water partition coefficient (Wildman–Crippen LogP) is 3.34. The quantitative estimate of drug-likeness (QED) is 0.575. The number of fused-ring (bicyclic) bond motifs is 1. The standard InChI is InChI=1S/C26H28FN3O5/c1-29(2)24(32)10-16-9-21(31)19-11-17(12-20(27)25(16)19)30-8-7-22(26(30)33)35-18-5-6-23(28-13-18)34-14-15-3-4-15/h5-6,11-13,15-16,22H,3-4,7-10,14H2,1-2H3. The molecule has 0 bridgehead atoms. The minimum Gasteiger partial charge on any atom is -0.479 e. The first-order chi connectivity index (χ1) is 16.8. The van der Waals surface area contributed by atoms with E-state index in [0.717, 1.165) is 0 Å². The maximum atomic E-state index is 15.1. The van der Waals surface area contributed by atoms with E-state index in [1.807, 2.05) is 0 Å². The molecule has 3 aliphatic rings. The van der Waals surface area contributed by atoms with Gasteiger partial charge >= 0.3 is 0 Å². The lowest BCUT2D eigenvalue weighted by molar-refractivity contribution is -0.129. The number of ketones is 1. The van der Waals surface area contributed by atoms with Crippen molar-refractivity contribution < 1.29 is 28.2 Å². The monoisotopic (exact) mass is 481 g/mol. The number of halogens is 1. The summed E-state index contributed by atoms with van der Waals surface area (Å²) in [5, 5.41) is 0.